The molecule has 1 nitrogen and oxygen atoms in total. The third kappa shape index (κ3) is 7.04. The zero-order valence-electron chi connectivity index (χ0n) is 12.7. The van der Waals surface area contributed by atoms with Gasteiger partial charge in [-0.1, -0.05) is 33.6 Å². The molecule has 0 aromatic rings. The van der Waals surface area contributed by atoms with Crippen molar-refractivity contribution in [1.82, 2.24) is 5.32 Å². The lowest BCUT2D eigenvalue weighted by Crippen LogP contribution is -2.29. The van der Waals surface area contributed by atoms with Gasteiger partial charge in [0.2, 0.25) is 0 Å². The number of thioether (sulfide) groups is 1. The van der Waals surface area contributed by atoms with Crippen LogP contribution < -0.4 is 5.32 Å². The molecule has 1 saturated carbocycles. The first-order valence-electron chi connectivity index (χ1n) is 8.11. The van der Waals surface area contributed by atoms with Crippen molar-refractivity contribution in [1.29, 1.82) is 0 Å². The molecule has 3 unspecified atom stereocenters. The lowest BCUT2D eigenvalue weighted by molar-refractivity contribution is 0.394. The molecule has 3 atom stereocenters. The minimum Gasteiger partial charge on any atom is -0.314 e. The van der Waals surface area contributed by atoms with Crippen LogP contribution in [0.4, 0.5) is 0 Å². The number of rotatable bonds is 9. The van der Waals surface area contributed by atoms with Gasteiger partial charge in [0.1, 0.15) is 0 Å². The summed E-state index contributed by atoms with van der Waals surface area (Å²) in [5.41, 5.74) is 0. The average Bonchev–Trinajstić information content (AvgIpc) is 2.38. The van der Waals surface area contributed by atoms with Gasteiger partial charge in [0.15, 0.2) is 0 Å². The highest BCUT2D eigenvalue weighted by Gasteiger charge is 2.18. The van der Waals surface area contributed by atoms with Crippen LogP contribution in [-0.2, 0) is 0 Å². The molecule has 0 aliphatic heterocycles. The lowest BCUT2D eigenvalue weighted by Gasteiger charge is -2.26. The first-order valence-corrected chi connectivity index (χ1v) is 9.16. The Hall–Kier alpha value is 0.310. The predicted octanol–water partition coefficient (Wildman–Crippen LogP) is 4.86. The molecule has 1 aliphatic rings. The van der Waals surface area contributed by atoms with Gasteiger partial charge >= 0.3 is 0 Å². The Morgan fingerprint density at radius 2 is 2.11 bits per heavy atom. The van der Waals surface area contributed by atoms with Gasteiger partial charge in [0.05, 0.1) is 0 Å². The van der Waals surface area contributed by atoms with Crippen LogP contribution in [0.3, 0.4) is 0 Å². The van der Waals surface area contributed by atoms with E-state index in [1.54, 1.807) is 0 Å². The first-order chi connectivity index (χ1) is 8.76. The van der Waals surface area contributed by atoms with Crippen molar-refractivity contribution >= 4 is 11.8 Å². The predicted molar refractivity (Wildman–Crippen MR) is 85.5 cm³/mol. The molecule has 1 N–H and O–H groups in total. The summed E-state index contributed by atoms with van der Waals surface area (Å²) in [6.45, 7) is 8.17. The van der Waals surface area contributed by atoms with Crippen molar-refractivity contribution in [2.45, 2.75) is 83.4 Å². The van der Waals surface area contributed by atoms with Crippen LogP contribution in [0.2, 0.25) is 0 Å². The standard InChI is InChI=1S/C16H33NS/c1-4-11-17-15(5-2)9-7-12-18-16-10-6-8-14(3)13-16/h14-17H,4-13H2,1-3H3. The maximum absolute atomic E-state index is 3.66. The van der Waals surface area contributed by atoms with Crippen molar-refractivity contribution in [2.75, 3.05) is 12.3 Å². The summed E-state index contributed by atoms with van der Waals surface area (Å²) in [7, 11) is 0. The van der Waals surface area contributed by atoms with E-state index in [9.17, 15) is 0 Å². The fourth-order valence-electron chi connectivity index (χ4n) is 2.91. The maximum atomic E-state index is 3.66. The number of hydrogen-bond acceptors (Lipinski definition) is 2. The van der Waals surface area contributed by atoms with Gasteiger partial charge in [-0.3, -0.25) is 0 Å². The van der Waals surface area contributed by atoms with Gasteiger partial charge < -0.3 is 5.32 Å². The van der Waals surface area contributed by atoms with Crippen LogP contribution in [-0.4, -0.2) is 23.6 Å². The molecule has 0 aromatic heterocycles. The van der Waals surface area contributed by atoms with E-state index in [4.69, 9.17) is 0 Å². The van der Waals surface area contributed by atoms with Gasteiger partial charge in [-0.05, 0) is 56.7 Å². The molecule has 18 heavy (non-hydrogen) atoms. The summed E-state index contributed by atoms with van der Waals surface area (Å²) in [4.78, 5) is 0. The van der Waals surface area contributed by atoms with Gasteiger partial charge in [0, 0.05) is 11.3 Å². The molecule has 108 valence electrons. The van der Waals surface area contributed by atoms with E-state index in [1.807, 2.05) is 0 Å². The third-order valence-electron chi connectivity index (χ3n) is 4.11. The SMILES string of the molecule is CCCNC(CC)CCCSC1CCCC(C)C1. The second-order valence-corrected chi connectivity index (χ2v) is 7.37. The quantitative estimate of drug-likeness (QED) is 0.601. The molecule has 2 heteroatoms. The first kappa shape index (κ1) is 16.4. The normalized spacial score (nSPS) is 26.2. The maximum Gasteiger partial charge on any atom is 0.00647 e. The Labute approximate surface area is 119 Å². The Morgan fingerprint density at radius 3 is 2.78 bits per heavy atom. The summed E-state index contributed by atoms with van der Waals surface area (Å²) in [6.07, 6.45) is 11.2. The van der Waals surface area contributed by atoms with Crippen molar-refractivity contribution in [2.24, 2.45) is 5.92 Å². The van der Waals surface area contributed by atoms with Crippen LogP contribution >= 0.6 is 11.8 Å². The zero-order chi connectivity index (χ0) is 13.2. The fraction of sp³-hybridized carbons (Fsp3) is 1.00. The molecule has 0 spiro atoms. The minimum absolute atomic E-state index is 0.760. The average molecular weight is 272 g/mol. The largest absolute Gasteiger partial charge is 0.314 e. The van der Waals surface area contributed by atoms with Crippen LogP contribution in [0.1, 0.15) is 72.1 Å². The van der Waals surface area contributed by atoms with E-state index >= 15 is 0 Å². The van der Waals surface area contributed by atoms with Crippen LogP contribution in [0.25, 0.3) is 0 Å². The molecule has 0 radical (unpaired) electrons. The third-order valence-corrected chi connectivity index (χ3v) is 5.54. The Balaban J connectivity index is 2.02. The smallest absolute Gasteiger partial charge is 0.00647 e. The Kier molecular flexibility index (Phi) is 9.22. The summed E-state index contributed by atoms with van der Waals surface area (Å²) in [5, 5.41) is 4.63. The molecule has 0 aromatic carbocycles. The molecule has 1 rings (SSSR count). The highest BCUT2D eigenvalue weighted by Crippen LogP contribution is 2.32. The van der Waals surface area contributed by atoms with Crippen molar-refractivity contribution < 1.29 is 0 Å². The molecule has 1 aliphatic carbocycles. The highest BCUT2D eigenvalue weighted by atomic mass is 32.2. The Morgan fingerprint density at radius 1 is 1.28 bits per heavy atom. The second-order valence-electron chi connectivity index (χ2n) is 5.97. The van der Waals surface area contributed by atoms with E-state index in [0.29, 0.717) is 0 Å². The van der Waals surface area contributed by atoms with Crippen LogP contribution in [0, 0.1) is 5.92 Å². The van der Waals surface area contributed by atoms with Crippen LogP contribution in [0.5, 0.6) is 0 Å². The minimum atomic E-state index is 0.760. The summed E-state index contributed by atoms with van der Waals surface area (Å²) in [6, 6.07) is 0.760. The zero-order valence-corrected chi connectivity index (χ0v) is 13.5. The van der Waals surface area contributed by atoms with Gasteiger partial charge in [-0.15, -0.1) is 0 Å². The fourth-order valence-corrected chi connectivity index (χ4v) is 4.37. The summed E-state index contributed by atoms with van der Waals surface area (Å²) in [5.74, 6) is 2.35. The van der Waals surface area contributed by atoms with Crippen LogP contribution in [0.15, 0.2) is 0 Å². The number of hydrogen-bond donors (Lipinski definition) is 1. The molecule has 0 amide bonds. The van der Waals surface area contributed by atoms with E-state index in [0.717, 1.165) is 17.2 Å². The van der Waals surface area contributed by atoms with Gasteiger partial charge in [-0.2, -0.15) is 11.8 Å². The van der Waals surface area contributed by atoms with E-state index in [1.165, 1.54) is 63.7 Å². The monoisotopic (exact) mass is 271 g/mol. The second kappa shape index (κ2) is 10.1. The summed E-state index contributed by atoms with van der Waals surface area (Å²) < 4.78 is 0. The molecular formula is C16H33NS. The molecule has 0 bridgehead atoms. The Bertz CT molecular complexity index is 196. The van der Waals surface area contributed by atoms with Gasteiger partial charge in [-0.25, -0.2) is 0 Å². The van der Waals surface area contributed by atoms with E-state index in [2.05, 4.69) is 37.8 Å². The summed E-state index contributed by atoms with van der Waals surface area (Å²) >= 11 is 2.25. The van der Waals surface area contributed by atoms with Crippen molar-refractivity contribution in [3.8, 4) is 0 Å². The van der Waals surface area contributed by atoms with E-state index < -0.39 is 0 Å². The van der Waals surface area contributed by atoms with Crippen molar-refractivity contribution in [3.05, 3.63) is 0 Å². The van der Waals surface area contributed by atoms with Gasteiger partial charge in [0.25, 0.3) is 0 Å². The topological polar surface area (TPSA) is 12.0 Å². The molecule has 0 saturated heterocycles. The molecule has 0 heterocycles. The molecular weight excluding hydrogens is 238 g/mol. The number of nitrogens with one attached hydrogen (secondary N) is 1. The highest BCUT2D eigenvalue weighted by molar-refractivity contribution is 7.99. The van der Waals surface area contributed by atoms with Crippen molar-refractivity contribution in [3.63, 3.8) is 0 Å². The lowest BCUT2D eigenvalue weighted by atomic mass is 9.91. The molecule has 1 fully saturated rings. The van der Waals surface area contributed by atoms with E-state index in [-0.39, 0.29) is 0 Å².